The Morgan fingerprint density at radius 1 is 1.24 bits per heavy atom. The van der Waals surface area contributed by atoms with Crippen LogP contribution in [0, 0.1) is 0 Å². The summed E-state index contributed by atoms with van der Waals surface area (Å²) in [7, 11) is 0. The van der Waals surface area contributed by atoms with Gasteiger partial charge in [-0.05, 0) is 55.2 Å². The van der Waals surface area contributed by atoms with Crippen molar-refractivity contribution in [3.05, 3.63) is 59.1 Å². The van der Waals surface area contributed by atoms with Gasteiger partial charge >= 0.3 is 0 Å². The fourth-order valence-corrected chi connectivity index (χ4v) is 3.68. The van der Waals surface area contributed by atoms with E-state index in [0.29, 0.717) is 30.9 Å². The molecule has 0 saturated carbocycles. The van der Waals surface area contributed by atoms with E-state index in [9.17, 15) is 14.7 Å². The summed E-state index contributed by atoms with van der Waals surface area (Å²) in [5.41, 5.74) is 1.45. The molecule has 6 nitrogen and oxygen atoms in total. The van der Waals surface area contributed by atoms with Gasteiger partial charge in [0.25, 0.3) is 11.7 Å². The van der Waals surface area contributed by atoms with Gasteiger partial charge in [0.15, 0.2) is 0 Å². The van der Waals surface area contributed by atoms with E-state index in [1.165, 1.54) is 11.2 Å². The molecule has 1 unspecified atom stereocenters. The van der Waals surface area contributed by atoms with Crippen molar-refractivity contribution in [2.45, 2.75) is 46.1 Å². The second kappa shape index (κ2) is 8.55. The van der Waals surface area contributed by atoms with Crippen LogP contribution in [-0.4, -0.2) is 34.8 Å². The number of furan rings is 1. The molecule has 1 saturated heterocycles. The molecule has 29 heavy (non-hydrogen) atoms. The first-order valence-electron chi connectivity index (χ1n) is 9.99. The summed E-state index contributed by atoms with van der Waals surface area (Å²) in [5.74, 6) is -0.162. The number of hydrogen-bond acceptors (Lipinski definition) is 5. The summed E-state index contributed by atoms with van der Waals surface area (Å²) in [6, 6.07) is 7.99. The topological polar surface area (TPSA) is 80.0 Å². The molecule has 0 aliphatic carbocycles. The van der Waals surface area contributed by atoms with Crippen LogP contribution in [0.25, 0.3) is 5.76 Å². The number of amides is 1. The summed E-state index contributed by atoms with van der Waals surface area (Å²) < 4.78 is 11.2. The van der Waals surface area contributed by atoms with E-state index >= 15 is 0 Å². The van der Waals surface area contributed by atoms with Crippen molar-refractivity contribution in [3.8, 4) is 5.75 Å². The van der Waals surface area contributed by atoms with E-state index in [1.807, 2.05) is 33.8 Å². The number of carbonyl (C=O) groups excluding carboxylic acids is 2. The molecule has 1 aromatic carbocycles. The fourth-order valence-electron chi connectivity index (χ4n) is 3.68. The van der Waals surface area contributed by atoms with Gasteiger partial charge in [0.2, 0.25) is 0 Å². The number of hydrogen-bond donors (Lipinski definition) is 1. The largest absolute Gasteiger partial charge is 0.507 e. The molecular weight excluding hydrogens is 370 g/mol. The van der Waals surface area contributed by atoms with Crippen molar-refractivity contribution in [2.75, 3.05) is 13.2 Å². The molecule has 0 spiro atoms. The van der Waals surface area contributed by atoms with Crippen LogP contribution in [0.4, 0.5) is 0 Å². The Morgan fingerprint density at radius 3 is 2.59 bits per heavy atom. The molecule has 1 aromatic heterocycles. The molecular formula is C23H27NO5. The predicted octanol–water partition coefficient (Wildman–Crippen LogP) is 4.63. The highest BCUT2D eigenvalue weighted by Crippen LogP contribution is 2.40. The predicted molar refractivity (Wildman–Crippen MR) is 110 cm³/mol. The molecule has 2 heterocycles. The Bertz CT molecular complexity index is 927. The Labute approximate surface area is 170 Å². The first-order valence-corrected chi connectivity index (χ1v) is 9.99. The Balaban J connectivity index is 2.15. The van der Waals surface area contributed by atoms with Gasteiger partial charge in [-0.25, -0.2) is 0 Å². The maximum Gasteiger partial charge on any atom is 0.295 e. The lowest BCUT2D eigenvalue weighted by atomic mass is 9.95. The number of nitrogens with zero attached hydrogens (tertiary/aromatic N) is 1. The highest BCUT2D eigenvalue weighted by Gasteiger charge is 2.47. The Morgan fingerprint density at radius 2 is 2.00 bits per heavy atom. The van der Waals surface area contributed by atoms with Gasteiger partial charge in [-0.3, -0.25) is 9.59 Å². The quantitative estimate of drug-likeness (QED) is 0.418. The molecule has 1 aliphatic rings. The molecule has 2 aromatic rings. The number of ether oxygens (including phenoxy) is 1. The molecule has 0 radical (unpaired) electrons. The van der Waals surface area contributed by atoms with Crippen molar-refractivity contribution < 1.29 is 23.8 Å². The van der Waals surface area contributed by atoms with Crippen molar-refractivity contribution >= 4 is 17.4 Å². The molecule has 6 heteroatoms. The lowest BCUT2D eigenvalue weighted by Crippen LogP contribution is -2.30. The highest BCUT2D eigenvalue weighted by atomic mass is 16.5. The van der Waals surface area contributed by atoms with Crippen LogP contribution < -0.4 is 4.74 Å². The number of likely N-dealkylation sites (tertiary alicyclic amines) is 1. The van der Waals surface area contributed by atoms with E-state index in [-0.39, 0.29) is 17.3 Å². The first kappa shape index (κ1) is 20.7. The zero-order valence-corrected chi connectivity index (χ0v) is 17.3. The van der Waals surface area contributed by atoms with Crippen molar-refractivity contribution in [1.82, 2.24) is 4.90 Å². The number of aliphatic hydroxyl groups is 1. The van der Waals surface area contributed by atoms with Crippen molar-refractivity contribution in [2.24, 2.45) is 0 Å². The van der Waals surface area contributed by atoms with Crippen LogP contribution in [0.3, 0.4) is 0 Å². The first-order chi connectivity index (χ1) is 13.9. The smallest absolute Gasteiger partial charge is 0.295 e. The minimum atomic E-state index is -0.737. The summed E-state index contributed by atoms with van der Waals surface area (Å²) in [4.78, 5) is 26.9. The summed E-state index contributed by atoms with van der Waals surface area (Å²) in [5, 5.41) is 11.1. The third kappa shape index (κ3) is 3.79. The average molecular weight is 397 g/mol. The molecule has 1 N–H and O–H groups in total. The van der Waals surface area contributed by atoms with E-state index in [0.717, 1.165) is 11.3 Å². The summed E-state index contributed by atoms with van der Waals surface area (Å²) >= 11 is 0. The standard InChI is InChI=1S/C23H27NO5/c1-5-11-24-20(18-8-7-12-29-18)19(22(26)23(24)27)21(25)15-9-10-17(28-6-2)16(13-15)14(3)4/h7-10,12-14,20,25H,5-6,11H2,1-4H3/b21-19-. The molecule has 1 amide bonds. The normalized spacial score (nSPS) is 18.7. The van der Waals surface area contributed by atoms with Crippen molar-refractivity contribution in [3.63, 3.8) is 0 Å². The maximum absolute atomic E-state index is 12.8. The van der Waals surface area contributed by atoms with Crippen LogP contribution in [0.15, 0.2) is 46.6 Å². The highest BCUT2D eigenvalue weighted by molar-refractivity contribution is 6.46. The molecule has 1 fully saturated rings. The van der Waals surface area contributed by atoms with Gasteiger partial charge in [0.1, 0.15) is 23.3 Å². The van der Waals surface area contributed by atoms with Gasteiger partial charge in [0, 0.05) is 12.1 Å². The number of carbonyl (C=O) groups is 2. The number of rotatable bonds is 7. The summed E-state index contributed by atoms with van der Waals surface area (Å²) in [6.45, 7) is 8.84. The van der Waals surface area contributed by atoms with Gasteiger partial charge < -0.3 is 19.2 Å². The lowest BCUT2D eigenvalue weighted by Gasteiger charge is -2.22. The number of Topliss-reactive ketones (excluding diaryl/α,β-unsaturated/α-hetero) is 1. The zero-order chi connectivity index (χ0) is 21.1. The van der Waals surface area contributed by atoms with Gasteiger partial charge in [0.05, 0.1) is 18.4 Å². The number of ketones is 1. The van der Waals surface area contributed by atoms with Gasteiger partial charge in [-0.1, -0.05) is 20.8 Å². The monoisotopic (exact) mass is 397 g/mol. The van der Waals surface area contributed by atoms with Crippen molar-refractivity contribution in [1.29, 1.82) is 0 Å². The average Bonchev–Trinajstić information content (AvgIpc) is 3.31. The number of benzene rings is 1. The maximum atomic E-state index is 12.8. The fraction of sp³-hybridized carbons (Fsp3) is 0.391. The van der Waals surface area contributed by atoms with Crippen LogP contribution in [0.5, 0.6) is 5.75 Å². The van der Waals surface area contributed by atoms with Gasteiger partial charge in [-0.2, -0.15) is 0 Å². The minimum Gasteiger partial charge on any atom is -0.507 e. The third-order valence-electron chi connectivity index (χ3n) is 5.02. The molecule has 3 rings (SSSR count). The molecule has 0 bridgehead atoms. The van der Waals surface area contributed by atoms with Crippen LogP contribution in [0.2, 0.25) is 0 Å². The van der Waals surface area contributed by atoms with E-state index in [1.54, 1.807) is 24.3 Å². The van der Waals surface area contributed by atoms with E-state index in [2.05, 4.69) is 0 Å². The van der Waals surface area contributed by atoms with Crippen LogP contribution >= 0.6 is 0 Å². The van der Waals surface area contributed by atoms with Gasteiger partial charge in [-0.15, -0.1) is 0 Å². The minimum absolute atomic E-state index is 0.0530. The van der Waals surface area contributed by atoms with Crippen LogP contribution in [-0.2, 0) is 9.59 Å². The lowest BCUT2D eigenvalue weighted by molar-refractivity contribution is -0.140. The number of aliphatic hydroxyl groups excluding tert-OH is 1. The zero-order valence-electron chi connectivity index (χ0n) is 17.3. The summed E-state index contributed by atoms with van der Waals surface area (Å²) in [6.07, 6.45) is 2.18. The SMILES string of the molecule is CCCN1C(=O)C(=O)/C(=C(\O)c2ccc(OCC)c(C(C)C)c2)C1c1ccco1. The Hall–Kier alpha value is -3.02. The Kier molecular flexibility index (Phi) is 6.11. The third-order valence-corrected chi connectivity index (χ3v) is 5.02. The second-order valence-electron chi connectivity index (χ2n) is 7.35. The molecule has 154 valence electrons. The molecule has 1 aliphatic heterocycles. The second-order valence-corrected chi connectivity index (χ2v) is 7.35. The molecule has 1 atom stereocenters. The van der Waals surface area contributed by atoms with E-state index < -0.39 is 17.7 Å². The van der Waals surface area contributed by atoms with Crippen LogP contribution in [0.1, 0.15) is 63.0 Å². The van der Waals surface area contributed by atoms with E-state index in [4.69, 9.17) is 9.15 Å².